The van der Waals surface area contributed by atoms with Crippen molar-refractivity contribution in [2.75, 3.05) is 13.1 Å². The SMILES string of the molecule is O=C(O)c1ccc(CN2CCN(Cc3cccnc3)C2=O)cc1. The molecule has 1 aromatic carbocycles. The number of aromatic nitrogens is 1. The first-order valence-corrected chi connectivity index (χ1v) is 7.38. The van der Waals surface area contributed by atoms with Crippen LogP contribution in [-0.2, 0) is 13.1 Å². The Bertz CT molecular complexity index is 701. The van der Waals surface area contributed by atoms with Gasteiger partial charge in [-0.25, -0.2) is 9.59 Å². The lowest BCUT2D eigenvalue weighted by molar-refractivity contribution is 0.0697. The molecule has 3 rings (SSSR count). The number of carboxylic acid groups (broad SMARTS) is 1. The summed E-state index contributed by atoms with van der Waals surface area (Å²) in [5.74, 6) is -0.948. The van der Waals surface area contributed by atoms with Gasteiger partial charge in [-0.3, -0.25) is 4.98 Å². The Balaban J connectivity index is 1.61. The van der Waals surface area contributed by atoms with Crippen molar-refractivity contribution in [1.82, 2.24) is 14.8 Å². The van der Waals surface area contributed by atoms with Crippen LogP contribution < -0.4 is 0 Å². The first kappa shape index (κ1) is 15.0. The molecular weight excluding hydrogens is 294 g/mol. The maximum atomic E-state index is 12.4. The van der Waals surface area contributed by atoms with Crippen LogP contribution in [0.25, 0.3) is 0 Å². The van der Waals surface area contributed by atoms with Crippen LogP contribution in [-0.4, -0.2) is 45.0 Å². The van der Waals surface area contributed by atoms with Gasteiger partial charge in [0.1, 0.15) is 0 Å². The lowest BCUT2D eigenvalue weighted by Crippen LogP contribution is -2.31. The van der Waals surface area contributed by atoms with Crippen molar-refractivity contribution in [2.24, 2.45) is 0 Å². The zero-order valence-electron chi connectivity index (χ0n) is 12.6. The molecule has 2 amide bonds. The number of hydrogen-bond acceptors (Lipinski definition) is 3. The first-order chi connectivity index (χ1) is 11.1. The van der Waals surface area contributed by atoms with E-state index in [-0.39, 0.29) is 11.6 Å². The van der Waals surface area contributed by atoms with E-state index in [1.807, 2.05) is 12.1 Å². The zero-order valence-corrected chi connectivity index (χ0v) is 12.6. The van der Waals surface area contributed by atoms with Crippen molar-refractivity contribution in [3.8, 4) is 0 Å². The summed E-state index contributed by atoms with van der Waals surface area (Å²) < 4.78 is 0. The van der Waals surface area contributed by atoms with E-state index in [9.17, 15) is 9.59 Å². The Labute approximate surface area is 134 Å². The average Bonchev–Trinajstić information content (AvgIpc) is 2.90. The summed E-state index contributed by atoms with van der Waals surface area (Å²) in [4.78, 5) is 30.9. The topological polar surface area (TPSA) is 73.7 Å². The van der Waals surface area contributed by atoms with Gasteiger partial charge in [0, 0.05) is 38.6 Å². The summed E-state index contributed by atoms with van der Waals surface area (Å²) in [7, 11) is 0. The molecule has 1 aliphatic heterocycles. The number of amides is 2. The van der Waals surface area contributed by atoms with Gasteiger partial charge in [0.2, 0.25) is 0 Å². The molecule has 1 saturated heterocycles. The van der Waals surface area contributed by atoms with Crippen LogP contribution >= 0.6 is 0 Å². The largest absolute Gasteiger partial charge is 0.478 e. The highest BCUT2D eigenvalue weighted by atomic mass is 16.4. The van der Waals surface area contributed by atoms with Crippen LogP contribution in [0.15, 0.2) is 48.8 Å². The molecule has 0 atom stereocenters. The number of carbonyl (C=O) groups excluding carboxylic acids is 1. The molecule has 6 heteroatoms. The summed E-state index contributed by atoms with van der Waals surface area (Å²) in [5.41, 5.74) is 2.18. The molecule has 2 aromatic rings. The Kier molecular flexibility index (Phi) is 4.23. The smallest absolute Gasteiger partial charge is 0.335 e. The Hall–Kier alpha value is -2.89. The lowest BCUT2D eigenvalue weighted by Gasteiger charge is -2.18. The molecule has 6 nitrogen and oxygen atoms in total. The van der Waals surface area contributed by atoms with E-state index in [2.05, 4.69) is 4.98 Å². The van der Waals surface area contributed by atoms with Crippen molar-refractivity contribution < 1.29 is 14.7 Å². The van der Waals surface area contributed by atoms with E-state index in [0.717, 1.165) is 11.1 Å². The highest BCUT2D eigenvalue weighted by Crippen LogP contribution is 2.16. The van der Waals surface area contributed by atoms with Crippen LogP contribution in [0.3, 0.4) is 0 Å². The molecule has 0 saturated carbocycles. The summed E-state index contributed by atoms with van der Waals surface area (Å²) in [6.07, 6.45) is 3.48. The molecule has 0 spiro atoms. The van der Waals surface area contributed by atoms with Crippen LogP contribution in [0.5, 0.6) is 0 Å². The normalized spacial score (nSPS) is 14.3. The predicted molar refractivity (Wildman–Crippen MR) is 83.9 cm³/mol. The van der Waals surface area contributed by atoms with Gasteiger partial charge in [-0.1, -0.05) is 18.2 Å². The highest BCUT2D eigenvalue weighted by Gasteiger charge is 2.28. The number of carbonyl (C=O) groups is 2. The Morgan fingerprint density at radius 1 is 1.04 bits per heavy atom. The van der Waals surface area contributed by atoms with E-state index >= 15 is 0 Å². The van der Waals surface area contributed by atoms with Gasteiger partial charge >= 0.3 is 12.0 Å². The summed E-state index contributed by atoms with van der Waals surface area (Å²) in [5, 5.41) is 8.90. The standard InChI is InChI=1S/C17H17N3O3/c21-16(22)15-5-3-13(4-6-15)11-19-8-9-20(17(19)23)12-14-2-1-7-18-10-14/h1-7,10H,8-9,11-12H2,(H,21,22). The maximum absolute atomic E-state index is 12.4. The molecule has 1 aliphatic rings. The number of pyridine rings is 1. The highest BCUT2D eigenvalue weighted by molar-refractivity contribution is 5.87. The summed E-state index contributed by atoms with van der Waals surface area (Å²) in [6.45, 7) is 2.39. The minimum absolute atomic E-state index is 0.00355. The minimum Gasteiger partial charge on any atom is -0.478 e. The molecule has 1 aromatic heterocycles. The Morgan fingerprint density at radius 3 is 2.26 bits per heavy atom. The number of hydrogen-bond donors (Lipinski definition) is 1. The maximum Gasteiger partial charge on any atom is 0.335 e. The average molecular weight is 311 g/mol. The molecule has 1 fully saturated rings. The Morgan fingerprint density at radius 2 is 1.70 bits per heavy atom. The van der Waals surface area contributed by atoms with E-state index in [1.165, 1.54) is 0 Å². The van der Waals surface area contributed by atoms with E-state index < -0.39 is 5.97 Å². The fourth-order valence-electron chi connectivity index (χ4n) is 2.61. The zero-order chi connectivity index (χ0) is 16.2. The van der Waals surface area contributed by atoms with Crippen LogP contribution in [0.4, 0.5) is 4.79 Å². The summed E-state index contributed by atoms with van der Waals surface area (Å²) in [6, 6.07) is 10.4. The van der Waals surface area contributed by atoms with Gasteiger partial charge in [0.05, 0.1) is 5.56 Å². The molecule has 0 bridgehead atoms. The monoisotopic (exact) mass is 311 g/mol. The predicted octanol–water partition coefficient (Wildman–Crippen LogP) is 2.22. The molecule has 1 N–H and O–H groups in total. The van der Waals surface area contributed by atoms with E-state index in [1.54, 1.807) is 46.5 Å². The van der Waals surface area contributed by atoms with Crippen molar-refractivity contribution in [2.45, 2.75) is 13.1 Å². The van der Waals surface area contributed by atoms with E-state index in [4.69, 9.17) is 5.11 Å². The number of urea groups is 1. The second-order valence-corrected chi connectivity index (χ2v) is 5.49. The van der Waals surface area contributed by atoms with Crippen molar-refractivity contribution in [3.63, 3.8) is 0 Å². The number of carboxylic acids is 1. The fraction of sp³-hybridized carbons (Fsp3) is 0.235. The molecule has 0 aliphatic carbocycles. The lowest BCUT2D eigenvalue weighted by atomic mass is 10.1. The van der Waals surface area contributed by atoms with Crippen LogP contribution in [0.2, 0.25) is 0 Å². The number of benzene rings is 1. The molecular formula is C17H17N3O3. The number of nitrogens with zero attached hydrogens (tertiary/aromatic N) is 3. The van der Waals surface area contributed by atoms with Gasteiger partial charge in [-0.05, 0) is 29.3 Å². The van der Waals surface area contributed by atoms with Gasteiger partial charge < -0.3 is 14.9 Å². The van der Waals surface area contributed by atoms with Gasteiger partial charge in [0.25, 0.3) is 0 Å². The number of rotatable bonds is 5. The summed E-state index contributed by atoms with van der Waals surface area (Å²) >= 11 is 0. The molecule has 23 heavy (non-hydrogen) atoms. The first-order valence-electron chi connectivity index (χ1n) is 7.38. The third kappa shape index (κ3) is 3.48. The molecule has 2 heterocycles. The quantitative estimate of drug-likeness (QED) is 0.919. The van der Waals surface area contributed by atoms with Gasteiger partial charge in [-0.2, -0.15) is 0 Å². The van der Waals surface area contributed by atoms with Crippen molar-refractivity contribution >= 4 is 12.0 Å². The van der Waals surface area contributed by atoms with Crippen LogP contribution in [0, 0.1) is 0 Å². The van der Waals surface area contributed by atoms with Crippen molar-refractivity contribution in [1.29, 1.82) is 0 Å². The van der Waals surface area contributed by atoms with E-state index in [0.29, 0.717) is 26.2 Å². The van der Waals surface area contributed by atoms with Gasteiger partial charge in [0.15, 0.2) is 0 Å². The van der Waals surface area contributed by atoms with Gasteiger partial charge in [-0.15, -0.1) is 0 Å². The third-order valence-electron chi connectivity index (χ3n) is 3.85. The second-order valence-electron chi connectivity index (χ2n) is 5.49. The van der Waals surface area contributed by atoms with Crippen molar-refractivity contribution in [3.05, 3.63) is 65.5 Å². The minimum atomic E-state index is -0.948. The van der Waals surface area contributed by atoms with Crippen LogP contribution in [0.1, 0.15) is 21.5 Å². The fourth-order valence-corrected chi connectivity index (χ4v) is 2.61. The molecule has 0 unspecified atom stereocenters. The molecule has 0 radical (unpaired) electrons. The number of aromatic carboxylic acids is 1. The second kappa shape index (κ2) is 6.48. The molecule has 118 valence electrons. The third-order valence-corrected chi connectivity index (χ3v) is 3.85.